The van der Waals surface area contributed by atoms with Gasteiger partial charge in [0.15, 0.2) is 5.78 Å². The summed E-state index contributed by atoms with van der Waals surface area (Å²) in [6, 6.07) is 8.03. The summed E-state index contributed by atoms with van der Waals surface area (Å²) in [5.74, 6) is -3.18. The summed E-state index contributed by atoms with van der Waals surface area (Å²) in [5.41, 5.74) is 0.792. The van der Waals surface area contributed by atoms with Gasteiger partial charge in [-0.25, -0.2) is 4.79 Å². The normalized spacial score (nSPS) is 22.7. The summed E-state index contributed by atoms with van der Waals surface area (Å²) in [4.78, 5) is 60.9. The molecular formula is C21H24N2O6. The quantitative estimate of drug-likeness (QED) is 0.666. The zero-order valence-corrected chi connectivity index (χ0v) is 16.0. The molecule has 1 heterocycles. The number of hydrogen-bond acceptors (Lipinski definition) is 6. The minimum Gasteiger partial charge on any atom is -0.445 e. The molecule has 0 spiro atoms. The molecule has 0 bridgehead atoms. The number of carbonyl (C=O) groups is 5. The fraction of sp³-hybridized carbons (Fsp3) is 0.476. The van der Waals surface area contributed by atoms with Crippen molar-refractivity contribution in [1.29, 1.82) is 0 Å². The van der Waals surface area contributed by atoms with Crippen molar-refractivity contribution in [1.82, 2.24) is 10.6 Å². The zero-order valence-electron chi connectivity index (χ0n) is 16.0. The lowest BCUT2D eigenvalue weighted by atomic mass is 9.75. The number of ketones is 3. The molecule has 1 aromatic carbocycles. The number of benzene rings is 1. The highest BCUT2D eigenvalue weighted by Gasteiger charge is 2.42. The first-order valence-electron chi connectivity index (χ1n) is 9.80. The number of carbonyl (C=O) groups excluding carboxylic acids is 5. The number of hydrogen-bond donors (Lipinski definition) is 2. The summed E-state index contributed by atoms with van der Waals surface area (Å²) in [6.45, 7) is 0.428. The lowest BCUT2D eigenvalue weighted by molar-refractivity contribution is -0.141. The van der Waals surface area contributed by atoms with Crippen LogP contribution in [0.4, 0.5) is 4.79 Å². The van der Waals surface area contributed by atoms with E-state index in [4.69, 9.17) is 4.74 Å². The molecule has 3 rings (SSSR count). The molecule has 154 valence electrons. The minimum atomic E-state index is -1.04. The van der Waals surface area contributed by atoms with Gasteiger partial charge in [-0.15, -0.1) is 0 Å². The maximum absolute atomic E-state index is 12.9. The van der Waals surface area contributed by atoms with E-state index in [0.717, 1.165) is 5.56 Å². The number of alkyl carbamates (subject to hydrolysis) is 1. The Balaban J connectivity index is 1.62. The van der Waals surface area contributed by atoms with Crippen molar-refractivity contribution >= 4 is 29.4 Å². The van der Waals surface area contributed by atoms with E-state index in [-0.39, 0.29) is 18.8 Å². The molecule has 29 heavy (non-hydrogen) atoms. The van der Waals surface area contributed by atoms with Crippen LogP contribution in [0, 0.1) is 11.8 Å². The van der Waals surface area contributed by atoms with Gasteiger partial charge in [-0.3, -0.25) is 19.2 Å². The molecule has 2 amide bonds. The van der Waals surface area contributed by atoms with Crippen LogP contribution in [0.1, 0.15) is 37.7 Å². The Kier molecular flexibility index (Phi) is 6.74. The molecule has 8 heteroatoms. The van der Waals surface area contributed by atoms with Crippen molar-refractivity contribution in [3.8, 4) is 0 Å². The van der Waals surface area contributed by atoms with E-state index in [2.05, 4.69) is 10.6 Å². The van der Waals surface area contributed by atoms with Gasteiger partial charge in [-0.05, 0) is 24.8 Å². The Morgan fingerprint density at radius 1 is 1.14 bits per heavy atom. The predicted octanol–water partition coefficient (Wildman–Crippen LogP) is 1.31. The number of ether oxygens (including phenoxy) is 1. The van der Waals surface area contributed by atoms with E-state index >= 15 is 0 Å². The second-order valence-corrected chi connectivity index (χ2v) is 7.42. The number of amides is 2. The summed E-state index contributed by atoms with van der Waals surface area (Å²) >= 11 is 0. The van der Waals surface area contributed by atoms with Crippen molar-refractivity contribution < 1.29 is 28.7 Å². The molecule has 1 saturated carbocycles. The van der Waals surface area contributed by atoms with Gasteiger partial charge in [-0.1, -0.05) is 30.3 Å². The van der Waals surface area contributed by atoms with Crippen LogP contribution in [0.5, 0.6) is 0 Å². The van der Waals surface area contributed by atoms with E-state index in [9.17, 15) is 24.0 Å². The SMILES string of the molecule is O=C(NC(C(=O)CC1CCCNC(=O)C1=O)C1CCC1=O)OCc1ccccc1. The maximum atomic E-state index is 12.9. The van der Waals surface area contributed by atoms with Gasteiger partial charge in [0.1, 0.15) is 18.4 Å². The molecule has 1 aromatic rings. The fourth-order valence-electron chi connectivity index (χ4n) is 3.60. The van der Waals surface area contributed by atoms with E-state index in [0.29, 0.717) is 32.2 Å². The third-order valence-corrected chi connectivity index (χ3v) is 5.41. The van der Waals surface area contributed by atoms with E-state index < -0.39 is 41.4 Å². The summed E-state index contributed by atoms with van der Waals surface area (Å²) in [7, 11) is 0. The lowest BCUT2D eigenvalue weighted by Gasteiger charge is -2.32. The Morgan fingerprint density at radius 3 is 2.55 bits per heavy atom. The Bertz CT molecular complexity index is 807. The average Bonchev–Trinajstić information content (AvgIpc) is 2.87. The number of Topliss-reactive ketones (excluding diaryl/α,β-unsaturated/α-hetero) is 3. The molecule has 2 fully saturated rings. The highest BCUT2D eigenvalue weighted by atomic mass is 16.5. The average molecular weight is 400 g/mol. The smallest absolute Gasteiger partial charge is 0.408 e. The molecule has 3 atom stereocenters. The lowest BCUT2D eigenvalue weighted by Crippen LogP contribution is -2.52. The molecule has 0 aromatic heterocycles. The molecular weight excluding hydrogens is 376 g/mol. The maximum Gasteiger partial charge on any atom is 0.408 e. The van der Waals surface area contributed by atoms with Crippen molar-refractivity contribution in [3.05, 3.63) is 35.9 Å². The Labute approximate surface area is 168 Å². The Morgan fingerprint density at radius 2 is 1.90 bits per heavy atom. The second kappa shape index (κ2) is 9.45. The van der Waals surface area contributed by atoms with Crippen LogP contribution in [-0.2, 0) is 30.5 Å². The zero-order chi connectivity index (χ0) is 20.8. The van der Waals surface area contributed by atoms with Gasteiger partial charge in [0.25, 0.3) is 5.91 Å². The highest BCUT2D eigenvalue weighted by Crippen LogP contribution is 2.28. The van der Waals surface area contributed by atoms with Crippen LogP contribution in [0.2, 0.25) is 0 Å². The van der Waals surface area contributed by atoms with Gasteiger partial charge in [0, 0.05) is 31.2 Å². The summed E-state index contributed by atoms with van der Waals surface area (Å²) < 4.78 is 5.17. The van der Waals surface area contributed by atoms with Crippen LogP contribution >= 0.6 is 0 Å². The molecule has 8 nitrogen and oxygen atoms in total. The topological polar surface area (TPSA) is 119 Å². The first kappa shape index (κ1) is 20.7. The summed E-state index contributed by atoms with van der Waals surface area (Å²) in [6.07, 6.45) is 0.881. The molecule has 2 N–H and O–H groups in total. The van der Waals surface area contributed by atoms with Gasteiger partial charge >= 0.3 is 6.09 Å². The standard InChI is InChI=1S/C21H24N2O6/c24-16-9-8-15(16)18(23-21(28)29-12-13-5-2-1-3-6-13)17(25)11-14-7-4-10-22-20(27)19(14)26/h1-3,5-6,14-15,18H,4,7-12H2,(H,22,27)(H,23,28). The number of rotatable bonds is 7. The third-order valence-electron chi connectivity index (χ3n) is 5.41. The van der Waals surface area contributed by atoms with Gasteiger partial charge in [0.2, 0.25) is 5.78 Å². The van der Waals surface area contributed by atoms with Gasteiger partial charge in [0.05, 0.1) is 0 Å². The molecule has 1 aliphatic heterocycles. The second-order valence-electron chi connectivity index (χ2n) is 7.42. The fourth-order valence-corrected chi connectivity index (χ4v) is 3.60. The molecule has 1 aliphatic carbocycles. The monoisotopic (exact) mass is 400 g/mol. The van der Waals surface area contributed by atoms with E-state index in [1.807, 2.05) is 18.2 Å². The van der Waals surface area contributed by atoms with Crippen molar-refractivity contribution in [3.63, 3.8) is 0 Å². The van der Waals surface area contributed by atoms with Crippen LogP contribution < -0.4 is 10.6 Å². The molecule has 1 saturated heterocycles. The molecule has 2 aliphatic rings. The van der Waals surface area contributed by atoms with E-state index in [1.165, 1.54) is 0 Å². The van der Waals surface area contributed by atoms with Crippen LogP contribution in [-0.4, -0.2) is 41.9 Å². The third kappa shape index (κ3) is 5.28. The number of nitrogens with one attached hydrogen (secondary N) is 2. The van der Waals surface area contributed by atoms with Gasteiger partial charge in [-0.2, -0.15) is 0 Å². The first-order chi connectivity index (χ1) is 14.0. The van der Waals surface area contributed by atoms with Crippen molar-refractivity contribution in [2.45, 2.75) is 44.8 Å². The molecule has 3 unspecified atom stereocenters. The van der Waals surface area contributed by atoms with Crippen LogP contribution in [0.25, 0.3) is 0 Å². The minimum absolute atomic E-state index is 0.0352. The van der Waals surface area contributed by atoms with Crippen molar-refractivity contribution in [2.24, 2.45) is 11.8 Å². The molecule has 0 radical (unpaired) electrons. The highest BCUT2D eigenvalue weighted by molar-refractivity contribution is 6.37. The van der Waals surface area contributed by atoms with Crippen LogP contribution in [0.15, 0.2) is 30.3 Å². The first-order valence-corrected chi connectivity index (χ1v) is 9.80. The van der Waals surface area contributed by atoms with E-state index in [1.54, 1.807) is 12.1 Å². The van der Waals surface area contributed by atoms with Gasteiger partial charge < -0.3 is 15.4 Å². The van der Waals surface area contributed by atoms with Crippen molar-refractivity contribution in [2.75, 3.05) is 6.54 Å². The van der Waals surface area contributed by atoms with Crippen LogP contribution in [0.3, 0.4) is 0 Å². The Hall–Kier alpha value is -3.03. The summed E-state index contributed by atoms with van der Waals surface area (Å²) in [5, 5.41) is 5.01. The largest absolute Gasteiger partial charge is 0.445 e. The predicted molar refractivity (Wildman–Crippen MR) is 102 cm³/mol.